The van der Waals surface area contributed by atoms with Gasteiger partial charge in [0.1, 0.15) is 11.6 Å². The molecule has 0 radical (unpaired) electrons. The number of phenolic OH excluding ortho intramolecular Hbond substituents is 1. The first-order chi connectivity index (χ1) is 10.7. The summed E-state index contributed by atoms with van der Waals surface area (Å²) in [4.78, 5) is 12.0. The van der Waals surface area contributed by atoms with Crippen molar-refractivity contribution in [2.24, 2.45) is 0 Å². The molecule has 0 spiro atoms. The van der Waals surface area contributed by atoms with Gasteiger partial charge >= 0.3 is 0 Å². The van der Waals surface area contributed by atoms with Gasteiger partial charge in [-0.2, -0.15) is 5.26 Å². The maximum atomic E-state index is 12.0. The van der Waals surface area contributed by atoms with Crippen molar-refractivity contribution in [3.63, 3.8) is 0 Å². The lowest BCUT2D eigenvalue weighted by atomic mass is 10.1. The van der Waals surface area contributed by atoms with Crippen molar-refractivity contribution in [1.82, 2.24) is 5.32 Å². The van der Waals surface area contributed by atoms with Crippen LogP contribution < -0.4 is 10.1 Å². The van der Waals surface area contributed by atoms with E-state index in [9.17, 15) is 9.90 Å². The van der Waals surface area contributed by atoms with E-state index in [-0.39, 0.29) is 23.2 Å². The smallest absolute Gasteiger partial charge is 0.262 e. The van der Waals surface area contributed by atoms with Crippen LogP contribution in [0.3, 0.4) is 0 Å². The molecule has 1 fully saturated rings. The van der Waals surface area contributed by atoms with Crippen molar-refractivity contribution in [1.29, 1.82) is 5.26 Å². The molecule has 1 unspecified atom stereocenters. The van der Waals surface area contributed by atoms with Gasteiger partial charge in [0.05, 0.1) is 13.2 Å². The Hall–Kier alpha value is -2.52. The van der Waals surface area contributed by atoms with E-state index in [4.69, 9.17) is 14.7 Å². The fourth-order valence-corrected chi connectivity index (χ4v) is 2.23. The van der Waals surface area contributed by atoms with Gasteiger partial charge in [0, 0.05) is 18.7 Å². The molecule has 0 aromatic heterocycles. The molecular weight excluding hydrogens is 284 g/mol. The summed E-state index contributed by atoms with van der Waals surface area (Å²) in [6.45, 7) is 1.08. The van der Waals surface area contributed by atoms with E-state index in [1.807, 2.05) is 6.07 Å². The van der Waals surface area contributed by atoms with Crippen LogP contribution in [0.1, 0.15) is 18.4 Å². The number of phenols is 1. The van der Waals surface area contributed by atoms with Crippen molar-refractivity contribution in [3.05, 3.63) is 29.3 Å². The van der Waals surface area contributed by atoms with E-state index in [0.717, 1.165) is 12.8 Å². The van der Waals surface area contributed by atoms with Crippen LogP contribution in [0.15, 0.2) is 23.8 Å². The zero-order valence-corrected chi connectivity index (χ0v) is 12.3. The highest BCUT2D eigenvalue weighted by Crippen LogP contribution is 2.30. The predicted octanol–water partition coefficient (Wildman–Crippen LogP) is 1.60. The van der Waals surface area contributed by atoms with E-state index < -0.39 is 5.91 Å². The molecule has 1 heterocycles. The van der Waals surface area contributed by atoms with Gasteiger partial charge in [-0.15, -0.1) is 0 Å². The third kappa shape index (κ3) is 3.77. The number of carbonyl (C=O) groups is 1. The number of methoxy groups -OCH3 is 1. The molecule has 22 heavy (non-hydrogen) atoms. The molecule has 6 heteroatoms. The number of benzene rings is 1. The molecule has 0 saturated carbocycles. The average Bonchev–Trinajstić information content (AvgIpc) is 3.05. The quantitative estimate of drug-likeness (QED) is 0.637. The minimum absolute atomic E-state index is 0.00844. The predicted molar refractivity (Wildman–Crippen MR) is 80.2 cm³/mol. The molecule has 1 aliphatic rings. The fourth-order valence-electron chi connectivity index (χ4n) is 2.23. The molecule has 2 rings (SSSR count). The summed E-state index contributed by atoms with van der Waals surface area (Å²) in [6, 6.07) is 6.71. The second kappa shape index (κ2) is 7.48. The summed E-state index contributed by atoms with van der Waals surface area (Å²) >= 11 is 0. The van der Waals surface area contributed by atoms with Gasteiger partial charge in [-0.3, -0.25) is 4.79 Å². The minimum Gasteiger partial charge on any atom is -0.504 e. The molecule has 0 aliphatic carbocycles. The van der Waals surface area contributed by atoms with Crippen LogP contribution >= 0.6 is 0 Å². The largest absolute Gasteiger partial charge is 0.504 e. The standard InChI is InChI=1S/C16H18N2O4/c1-21-14-6-2-4-11(15(14)19)8-12(9-17)16(20)18-10-13-5-3-7-22-13/h2,4,6,8,13,19H,3,5,7,10H2,1H3,(H,18,20)/b12-8+. The Balaban J connectivity index is 2.09. The van der Waals surface area contributed by atoms with Crippen LogP contribution in [-0.2, 0) is 9.53 Å². The number of para-hydroxylation sites is 1. The second-order valence-corrected chi connectivity index (χ2v) is 4.91. The molecule has 116 valence electrons. The minimum atomic E-state index is -0.486. The van der Waals surface area contributed by atoms with Gasteiger partial charge in [-0.05, 0) is 25.0 Å². The van der Waals surface area contributed by atoms with Crippen LogP contribution in [-0.4, -0.2) is 37.4 Å². The van der Waals surface area contributed by atoms with Crippen LogP contribution in [0.4, 0.5) is 0 Å². The van der Waals surface area contributed by atoms with E-state index in [1.165, 1.54) is 13.2 Å². The Labute approximate surface area is 129 Å². The van der Waals surface area contributed by atoms with E-state index in [0.29, 0.717) is 18.7 Å². The third-order valence-electron chi connectivity index (χ3n) is 3.43. The van der Waals surface area contributed by atoms with Crippen LogP contribution in [0.2, 0.25) is 0 Å². The Morgan fingerprint density at radius 2 is 2.45 bits per heavy atom. The number of nitrogens with zero attached hydrogens (tertiary/aromatic N) is 1. The Kier molecular flexibility index (Phi) is 5.39. The zero-order chi connectivity index (χ0) is 15.9. The van der Waals surface area contributed by atoms with Crippen molar-refractivity contribution in [3.8, 4) is 17.6 Å². The zero-order valence-electron chi connectivity index (χ0n) is 12.3. The normalized spacial score (nSPS) is 17.8. The number of nitrogens with one attached hydrogen (secondary N) is 1. The SMILES string of the molecule is COc1cccc(/C=C(\C#N)C(=O)NCC2CCCO2)c1O. The van der Waals surface area contributed by atoms with Crippen molar-refractivity contribution in [2.75, 3.05) is 20.3 Å². The molecule has 1 saturated heterocycles. The lowest BCUT2D eigenvalue weighted by molar-refractivity contribution is -0.117. The highest BCUT2D eigenvalue weighted by molar-refractivity contribution is 6.02. The Morgan fingerprint density at radius 3 is 3.09 bits per heavy atom. The van der Waals surface area contributed by atoms with Gasteiger partial charge in [0.15, 0.2) is 11.5 Å². The third-order valence-corrected chi connectivity index (χ3v) is 3.43. The molecule has 2 N–H and O–H groups in total. The van der Waals surface area contributed by atoms with Gasteiger partial charge in [-0.1, -0.05) is 12.1 Å². The van der Waals surface area contributed by atoms with Crippen molar-refractivity contribution >= 4 is 12.0 Å². The highest BCUT2D eigenvalue weighted by Gasteiger charge is 2.18. The maximum absolute atomic E-state index is 12.0. The number of ether oxygens (including phenoxy) is 2. The number of amides is 1. The molecule has 1 aromatic carbocycles. The summed E-state index contributed by atoms with van der Waals surface area (Å²) in [5, 5.41) is 21.8. The van der Waals surface area contributed by atoms with Gasteiger partial charge in [-0.25, -0.2) is 0 Å². The maximum Gasteiger partial charge on any atom is 0.262 e. The number of rotatable bonds is 5. The van der Waals surface area contributed by atoms with E-state index >= 15 is 0 Å². The Morgan fingerprint density at radius 1 is 1.64 bits per heavy atom. The van der Waals surface area contributed by atoms with Crippen molar-refractivity contribution < 1.29 is 19.4 Å². The summed E-state index contributed by atoms with van der Waals surface area (Å²) in [6.07, 6.45) is 3.24. The number of hydrogen-bond acceptors (Lipinski definition) is 5. The molecular formula is C16H18N2O4. The van der Waals surface area contributed by atoms with Gasteiger partial charge in [0.2, 0.25) is 0 Å². The summed E-state index contributed by atoms with van der Waals surface area (Å²) in [5.41, 5.74) is 0.268. The molecule has 6 nitrogen and oxygen atoms in total. The van der Waals surface area contributed by atoms with Crippen LogP contribution in [0.25, 0.3) is 6.08 Å². The second-order valence-electron chi connectivity index (χ2n) is 4.91. The number of nitriles is 1. The summed E-state index contributed by atoms with van der Waals surface area (Å²) in [7, 11) is 1.43. The van der Waals surface area contributed by atoms with Crippen LogP contribution in [0.5, 0.6) is 11.5 Å². The number of hydrogen-bond donors (Lipinski definition) is 2. The number of carbonyl (C=O) groups excluding carboxylic acids is 1. The molecule has 0 bridgehead atoms. The van der Waals surface area contributed by atoms with Crippen molar-refractivity contribution in [2.45, 2.75) is 18.9 Å². The Bertz CT molecular complexity index is 613. The highest BCUT2D eigenvalue weighted by atomic mass is 16.5. The van der Waals surface area contributed by atoms with E-state index in [2.05, 4.69) is 5.32 Å². The average molecular weight is 302 g/mol. The van der Waals surface area contributed by atoms with Crippen LogP contribution in [0, 0.1) is 11.3 Å². The lowest BCUT2D eigenvalue weighted by Crippen LogP contribution is -2.32. The van der Waals surface area contributed by atoms with E-state index in [1.54, 1.807) is 18.2 Å². The first-order valence-electron chi connectivity index (χ1n) is 7.03. The molecule has 1 aliphatic heterocycles. The first-order valence-corrected chi connectivity index (χ1v) is 7.03. The molecule has 1 atom stereocenters. The topological polar surface area (TPSA) is 91.6 Å². The molecule has 1 amide bonds. The summed E-state index contributed by atoms with van der Waals surface area (Å²) in [5.74, 6) is -0.310. The fraction of sp³-hybridized carbons (Fsp3) is 0.375. The van der Waals surface area contributed by atoms with Gasteiger partial charge < -0.3 is 19.9 Å². The first kappa shape index (κ1) is 15.9. The van der Waals surface area contributed by atoms with Gasteiger partial charge in [0.25, 0.3) is 5.91 Å². The monoisotopic (exact) mass is 302 g/mol. The number of aromatic hydroxyl groups is 1. The lowest BCUT2D eigenvalue weighted by Gasteiger charge is -2.10. The molecule has 1 aromatic rings. The summed E-state index contributed by atoms with van der Waals surface area (Å²) < 4.78 is 10.4.